The summed E-state index contributed by atoms with van der Waals surface area (Å²) >= 11 is 0. The summed E-state index contributed by atoms with van der Waals surface area (Å²) in [5.74, 6) is -0.337. The highest BCUT2D eigenvalue weighted by Crippen LogP contribution is 2.32. The number of benzene rings is 1. The van der Waals surface area contributed by atoms with Crippen molar-refractivity contribution in [2.75, 3.05) is 13.4 Å². The molecule has 1 N–H and O–H groups in total. The van der Waals surface area contributed by atoms with E-state index in [1.165, 1.54) is 12.1 Å². The van der Waals surface area contributed by atoms with Crippen LogP contribution in [-0.2, 0) is 20.9 Å². The number of nitrogens with zero attached hydrogens (tertiary/aromatic N) is 1. The van der Waals surface area contributed by atoms with Gasteiger partial charge in [0.05, 0.1) is 6.07 Å². The van der Waals surface area contributed by atoms with E-state index in [2.05, 4.69) is 5.32 Å². The van der Waals surface area contributed by atoms with Gasteiger partial charge in [0.15, 0.2) is 18.1 Å². The fraction of sp³-hybridized carbons (Fsp3) is 0.176. The number of hydrogen-bond donors (Lipinski definition) is 1. The Morgan fingerprint density at radius 3 is 2.81 bits per heavy atom. The monoisotopic (exact) mass is 374 g/mol. The Morgan fingerprint density at radius 2 is 2.04 bits per heavy atom. The van der Waals surface area contributed by atoms with E-state index in [9.17, 15) is 19.7 Å². The van der Waals surface area contributed by atoms with Gasteiger partial charge in [-0.3, -0.25) is 14.9 Å². The second-order valence-corrected chi connectivity index (χ2v) is 5.34. The molecule has 0 spiro atoms. The van der Waals surface area contributed by atoms with Crippen molar-refractivity contribution in [1.82, 2.24) is 5.32 Å². The summed E-state index contributed by atoms with van der Waals surface area (Å²) in [6.45, 7) is -0.0646. The minimum Gasteiger partial charge on any atom is -0.454 e. The van der Waals surface area contributed by atoms with Gasteiger partial charge in [-0.2, -0.15) is 0 Å². The third-order valence-corrected chi connectivity index (χ3v) is 3.45. The fourth-order valence-corrected chi connectivity index (χ4v) is 2.17. The molecule has 2 aromatic rings. The molecule has 2 heterocycles. The zero-order chi connectivity index (χ0) is 19.2. The van der Waals surface area contributed by atoms with Crippen LogP contribution in [0.15, 0.2) is 40.8 Å². The molecule has 140 valence electrons. The molecule has 0 unspecified atom stereocenters. The number of nitro groups is 1. The van der Waals surface area contributed by atoms with Crippen LogP contribution >= 0.6 is 0 Å². The highest BCUT2D eigenvalue weighted by atomic mass is 16.7. The summed E-state index contributed by atoms with van der Waals surface area (Å²) in [6.07, 6.45) is 2.22. The normalized spacial score (nSPS) is 12.1. The number of hydrogen-bond acceptors (Lipinski definition) is 8. The molecule has 10 nitrogen and oxygen atoms in total. The van der Waals surface area contributed by atoms with Crippen LogP contribution in [0.5, 0.6) is 11.5 Å². The SMILES string of the molecule is O=C(COC(=O)/C=C/c1ccc([N+](=O)[O-])o1)NCc1ccc2c(c1)OCO2. The summed E-state index contributed by atoms with van der Waals surface area (Å²) in [4.78, 5) is 33.1. The predicted molar refractivity (Wildman–Crippen MR) is 89.8 cm³/mol. The molecule has 0 atom stereocenters. The average Bonchev–Trinajstić information content (AvgIpc) is 3.31. The highest BCUT2D eigenvalue weighted by Gasteiger charge is 2.14. The van der Waals surface area contributed by atoms with Gasteiger partial charge < -0.3 is 23.9 Å². The summed E-state index contributed by atoms with van der Waals surface area (Å²) in [7, 11) is 0. The van der Waals surface area contributed by atoms with Crippen LogP contribution in [-0.4, -0.2) is 30.2 Å². The van der Waals surface area contributed by atoms with Crippen molar-refractivity contribution in [1.29, 1.82) is 0 Å². The molecule has 1 aromatic heterocycles. The topological polar surface area (TPSA) is 130 Å². The van der Waals surface area contributed by atoms with Crippen molar-refractivity contribution < 1.29 is 33.1 Å². The molecule has 3 rings (SSSR count). The van der Waals surface area contributed by atoms with Crippen molar-refractivity contribution in [2.45, 2.75) is 6.54 Å². The summed E-state index contributed by atoms with van der Waals surface area (Å²) in [6, 6.07) is 7.77. The Morgan fingerprint density at radius 1 is 1.22 bits per heavy atom. The summed E-state index contributed by atoms with van der Waals surface area (Å²) in [5, 5.41) is 13.1. The van der Waals surface area contributed by atoms with Crippen molar-refractivity contribution >= 4 is 23.8 Å². The average molecular weight is 374 g/mol. The summed E-state index contributed by atoms with van der Waals surface area (Å²) < 4.78 is 20.1. The van der Waals surface area contributed by atoms with E-state index in [-0.39, 0.29) is 19.1 Å². The Kier molecular flexibility index (Phi) is 5.36. The van der Waals surface area contributed by atoms with E-state index < -0.39 is 29.3 Å². The van der Waals surface area contributed by atoms with E-state index in [1.54, 1.807) is 18.2 Å². The molecule has 0 aliphatic carbocycles. The standard InChI is InChI=1S/C17H14N2O8/c20-15(18-8-11-1-4-13-14(7-11)26-10-25-13)9-24-17(21)6-3-12-2-5-16(27-12)19(22)23/h1-7H,8-10H2,(H,18,20)/b6-3+. The molecule has 1 aliphatic heterocycles. The van der Waals surface area contributed by atoms with Gasteiger partial charge in [0.1, 0.15) is 10.7 Å². The Hall–Kier alpha value is -3.82. The number of esters is 1. The second kappa shape index (κ2) is 8.04. The maximum Gasteiger partial charge on any atom is 0.433 e. The molecule has 1 aliphatic rings. The first-order chi connectivity index (χ1) is 13.0. The molecule has 0 bridgehead atoms. The van der Waals surface area contributed by atoms with Crippen molar-refractivity contribution in [3.05, 3.63) is 57.8 Å². The van der Waals surface area contributed by atoms with Crippen LogP contribution in [0.4, 0.5) is 5.88 Å². The number of carbonyl (C=O) groups is 2. The largest absolute Gasteiger partial charge is 0.454 e. The molecule has 10 heteroatoms. The molecule has 0 saturated heterocycles. The van der Waals surface area contributed by atoms with E-state index >= 15 is 0 Å². The number of rotatable bonds is 7. The molecule has 1 aromatic carbocycles. The third kappa shape index (κ3) is 4.84. The van der Waals surface area contributed by atoms with E-state index in [1.807, 2.05) is 0 Å². The van der Waals surface area contributed by atoms with Gasteiger partial charge in [-0.15, -0.1) is 0 Å². The molecule has 0 saturated carbocycles. The lowest BCUT2D eigenvalue weighted by Crippen LogP contribution is -2.28. The van der Waals surface area contributed by atoms with Gasteiger partial charge in [0, 0.05) is 12.6 Å². The lowest BCUT2D eigenvalue weighted by Gasteiger charge is -2.06. The fourth-order valence-electron chi connectivity index (χ4n) is 2.17. The third-order valence-electron chi connectivity index (χ3n) is 3.45. The van der Waals surface area contributed by atoms with Crippen LogP contribution in [0.25, 0.3) is 6.08 Å². The first kappa shape index (κ1) is 18.0. The van der Waals surface area contributed by atoms with Gasteiger partial charge in [-0.05, 0) is 29.8 Å². The first-order valence-corrected chi connectivity index (χ1v) is 7.75. The van der Waals surface area contributed by atoms with Crippen LogP contribution < -0.4 is 14.8 Å². The quantitative estimate of drug-likeness (QED) is 0.336. The Balaban J connectivity index is 1.41. The van der Waals surface area contributed by atoms with Crippen LogP contribution in [0.2, 0.25) is 0 Å². The van der Waals surface area contributed by atoms with Gasteiger partial charge in [-0.25, -0.2) is 4.79 Å². The van der Waals surface area contributed by atoms with E-state index in [0.29, 0.717) is 11.5 Å². The Labute approximate surface area is 152 Å². The second-order valence-electron chi connectivity index (χ2n) is 5.34. The number of nitrogens with one attached hydrogen (secondary N) is 1. The highest BCUT2D eigenvalue weighted by molar-refractivity contribution is 5.88. The number of carbonyl (C=O) groups excluding carboxylic acids is 2. The minimum atomic E-state index is -0.785. The van der Waals surface area contributed by atoms with Gasteiger partial charge in [0.2, 0.25) is 6.79 Å². The molecule has 27 heavy (non-hydrogen) atoms. The van der Waals surface area contributed by atoms with Crippen molar-refractivity contribution in [2.24, 2.45) is 0 Å². The van der Waals surface area contributed by atoms with Crippen LogP contribution in [0.3, 0.4) is 0 Å². The number of furan rings is 1. The molecular formula is C17H14N2O8. The number of fused-ring (bicyclic) bond motifs is 1. The smallest absolute Gasteiger partial charge is 0.433 e. The van der Waals surface area contributed by atoms with Gasteiger partial charge in [-0.1, -0.05) is 6.07 Å². The van der Waals surface area contributed by atoms with Crippen LogP contribution in [0.1, 0.15) is 11.3 Å². The maximum atomic E-state index is 11.7. The van der Waals surface area contributed by atoms with Gasteiger partial charge >= 0.3 is 11.9 Å². The van der Waals surface area contributed by atoms with E-state index in [4.69, 9.17) is 18.6 Å². The van der Waals surface area contributed by atoms with Crippen LogP contribution in [0, 0.1) is 10.1 Å². The predicted octanol–water partition coefficient (Wildman–Crippen LogP) is 1.79. The number of ether oxygens (including phenoxy) is 3. The summed E-state index contributed by atoms with van der Waals surface area (Å²) in [5.41, 5.74) is 0.804. The molecule has 1 amide bonds. The maximum absolute atomic E-state index is 11.7. The zero-order valence-electron chi connectivity index (χ0n) is 13.9. The molecule has 0 radical (unpaired) electrons. The molecule has 0 fully saturated rings. The van der Waals surface area contributed by atoms with E-state index in [0.717, 1.165) is 17.7 Å². The van der Waals surface area contributed by atoms with Crippen molar-refractivity contribution in [3.8, 4) is 11.5 Å². The minimum absolute atomic E-state index is 0.117. The number of amides is 1. The first-order valence-electron chi connectivity index (χ1n) is 7.75. The van der Waals surface area contributed by atoms with Gasteiger partial charge in [0.25, 0.3) is 5.91 Å². The van der Waals surface area contributed by atoms with Crippen molar-refractivity contribution in [3.63, 3.8) is 0 Å². The molecular weight excluding hydrogens is 360 g/mol. The Bertz CT molecular complexity index is 902. The lowest BCUT2D eigenvalue weighted by atomic mass is 10.2. The zero-order valence-corrected chi connectivity index (χ0v) is 13.9. The lowest BCUT2D eigenvalue weighted by molar-refractivity contribution is -0.402.